The highest BCUT2D eigenvalue weighted by Crippen LogP contribution is 2.30. The first-order chi connectivity index (χ1) is 17.2. The van der Waals surface area contributed by atoms with Crippen molar-refractivity contribution in [2.24, 2.45) is 0 Å². The van der Waals surface area contributed by atoms with E-state index in [0.29, 0.717) is 22.7 Å². The third kappa shape index (κ3) is 5.76. The number of nitrogens with zero attached hydrogens (tertiary/aromatic N) is 1. The number of hydrogen-bond donors (Lipinski definition) is 1. The number of anilines is 1. The van der Waals surface area contributed by atoms with E-state index in [1.807, 2.05) is 13.8 Å². The van der Waals surface area contributed by atoms with Crippen molar-refractivity contribution in [1.82, 2.24) is 5.32 Å². The highest BCUT2D eigenvalue weighted by molar-refractivity contribution is 7.92. The third-order valence-electron chi connectivity index (χ3n) is 6.84. The van der Waals surface area contributed by atoms with Crippen LogP contribution < -0.4 is 9.62 Å². The van der Waals surface area contributed by atoms with Crippen molar-refractivity contribution in [3.63, 3.8) is 0 Å². The van der Waals surface area contributed by atoms with Crippen LogP contribution in [0.1, 0.15) is 60.0 Å². The van der Waals surface area contributed by atoms with E-state index in [2.05, 4.69) is 23.5 Å². The minimum Gasteiger partial charge on any atom is -0.348 e. The Kier molecular flexibility index (Phi) is 8.06. The molecule has 5 nitrogen and oxygen atoms in total. The Hall–Kier alpha value is -2.83. The largest absolute Gasteiger partial charge is 0.348 e. The van der Waals surface area contributed by atoms with Crippen LogP contribution in [0.3, 0.4) is 0 Å². The molecule has 1 unspecified atom stereocenters. The summed E-state index contributed by atoms with van der Waals surface area (Å²) in [5.41, 5.74) is 5.86. The zero-order valence-electron chi connectivity index (χ0n) is 21.1. The van der Waals surface area contributed by atoms with Gasteiger partial charge in [-0.15, -0.1) is 0 Å². The van der Waals surface area contributed by atoms with E-state index in [0.717, 1.165) is 24.0 Å². The Morgan fingerprint density at radius 2 is 1.67 bits per heavy atom. The van der Waals surface area contributed by atoms with Gasteiger partial charge in [0, 0.05) is 5.02 Å². The van der Waals surface area contributed by atoms with Crippen LogP contribution in [-0.4, -0.2) is 20.9 Å². The summed E-state index contributed by atoms with van der Waals surface area (Å²) in [5, 5.41) is 3.59. The number of carbonyl (C=O) groups excluding carboxylic acids is 1. The first-order valence-electron chi connectivity index (χ1n) is 12.5. The van der Waals surface area contributed by atoms with E-state index in [1.165, 1.54) is 28.3 Å². The molecular formula is C29H33ClN2O3S. The molecule has 1 aliphatic rings. The number of fused-ring (bicyclic) bond motifs is 1. The number of sulfonamides is 1. The highest BCUT2D eigenvalue weighted by atomic mass is 35.5. The van der Waals surface area contributed by atoms with Gasteiger partial charge in [0.1, 0.15) is 6.54 Å². The molecule has 0 heterocycles. The molecule has 0 bridgehead atoms. The Labute approximate surface area is 219 Å². The van der Waals surface area contributed by atoms with E-state index in [4.69, 9.17) is 11.6 Å². The van der Waals surface area contributed by atoms with Crippen LogP contribution in [0, 0.1) is 13.8 Å². The topological polar surface area (TPSA) is 66.5 Å². The number of carbonyl (C=O) groups is 1. The summed E-state index contributed by atoms with van der Waals surface area (Å²) in [6.45, 7) is 5.38. The van der Waals surface area contributed by atoms with Crippen molar-refractivity contribution in [1.29, 1.82) is 0 Å². The van der Waals surface area contributed by atoms with Crippen LogP contribution >= 0.6 is 11.6 Å². The fourth-order valence-corrected chi connectivity index (χ4v) is 6.51. The highest BCUT2D eigenvalue weighted by Gasteiger charge is 2.29. The molecule has 0 aliphatic heterocycles. The van der Waals surface area contributed by atoms with Gasteiger partial charge in [0.25, 0.3) is 10.0 Å². The summed E-state index contributed by atoms with van der Waals surface area (Å²) in [5.74, 6) is -0.357. The van der Waals surface area contributed by atoms with Gasteiger partial charge in [-0.1, -0.05) is 54.4 Å². The normalized spacial score (nSPS) is 14.1. The smallest absolute Gasteiger partial charge is 0.264 e. The summed E-state index contributed by atoms with van der Waals surface area (Å²) in [6, 6.07) is 17.9. The monoisotopic (exact) mass is 524 g/mol. The number of hydrogen-bond acceptors (Lipinski definition) is 3. The lowest BCUT2D eigenvalue weighted by Crippen LogP contribution is -2.42. The van der Waals surface area contributed by atoms with Crippen molar-refractivity contribution in [2.45, 2.75) is 63.8 Å². The Morgan fingerprint density at radius 1 is 0.972 bits per heavy atom. The van der Waals surface area contributed by atoms with Gasteiger partial charge in [-0.05, 0) is 98.5 Å². The number of halogens is 1. The number of rotatable bonds is 8. The quantitative estimate of drug-likeness (QED) is 0.376. The number of nitrogens with one attached hydrogen (secondary N) is 1. The molecule has 0 radical (unpaired) electrons. The average molecular weight is 525 g/mol. The fourth-order valence-electron chi connectivity index (χ4n) is 4.80. The first-order valence-corrected chi connectivity index (χ1v) is 14.3. The second-order valence-electron chi connectivity index (χ2n) is 9.52. The molecule has 0 aromatic heterocycles. The zero-order valence-corrected chi connectivity index (χ0v) is 22.6. The lowest BCUT2D eigenvalue weighted by Gasteiger charge is -2.27. The van der Waals surface area contributed by atoms with Crippen molar-refractivity contribution in [3.05, 3.63) is 93.5 Å². The summed E-state index contributed by atoms with van der Waals surface area (Å²) in [4.78, 5) is 13.5. The Morgan fingerprint density at radius 3 is 2.33 bits per heavy atom. The van der Waals surface area contributed by atoms with E-state index in [9.17, 15) is 13.2 Å². The van der Waals surface area contributed by atoms with E-state index in [-0.39, 0.29) is 23.4 Å². The van der Waals surface area contributed by atoms with Crippen LogP contribution in [-0.2, 0) is 27.7 Å². The molecule has 190 valence electrons. The average Bonchev–Trinajstić information content (AvgIpc) is 2.86. The van der Waals surface area contributed by atoms with Crippen LogP contribution in [0.5, 0.6) is 0 Å². The lowest BCUT2D eigenvalue weighted by atomic mass is 9.89. The maximum Gasteiger partial charge on any atom is 0.264 e. The van der Waals surface area contributed by atoms with Crippen LogP contribution in [0.4, 0.5) is 5.69 Å². The minimum absolute atomic E-state index is 0.136. The van der Waals surface area contributed by atoms with Gasteiger partial charge in [0.15, 0.2) is 0 Å². The van der Waals surface area contributed by atoms with Crippen molar-refractivity contribution in [3.8, 4) is 0 Å². The molecule has 3 aromatic carbocycles. The van der Waals surface area contributed by atoms with E-state index < -0.39 is 10.0 Å². The van der Waals surface area contributed by atoms with Gasteiger partial charge in [0.05, 0.1) is 16.6 Å². The second-order valence-corrected chi connectivity index (χ2v) is 11.8. The van der Waals surface area contributed by atoms with E-state index >= 15 is 0 Å². The van der Waals surface area contributed by atoms with E-state index in [1.54, 1.807) is 49.4 Å². The summed E-state index contributed by atoms with van der Waals surface area (Å²) in [7, 11) is -3.99. The second kappa shape index (κ2) is 11.1. The molecule has 4 rings (SSSR count). The summed E-state index contributed by atoms with van der Waals surface area (Å²) < 4.78 is 28.6. The standard InChI is InChI=1S/C29H33ClN2O3S/c1-4-27(24-12-11-22-7-5-6-8-23(22)18-24)31-29(33)19-32(28-16-13-25(30)17-21(28)3)36(34,35)26-14-9-20(2)10-15-26/h9-18,27H,4-8,19H2,1-3H3,(H,31,33). The van der Waals surface area contributed by atoms with Gasteiger partial charge in [-0.25, -0.2) is 8.42 Å². The predicted octanol–water partition coefficient (Wildman–Crippen LogP) is 6.30. The zero-order chi connectivity index (χ0) is 25.9. The first kappa shape index (κ1) is 26.2. The number of amides is 1. The molecule has 1 aliphatic carbocycles. The molecule has 0 fully saturated rings. The molecular weight excluding hydrogens is 492 g/mol. The molecule has 3 aromatic rings. The number of aryl methyl sites for hydroxylation is 4. The maximum atomic E-state index is 13.7. The minimum atomic E-state index is -3.99. The van der Waals surface area contributed by atoms with Crippen molar-refractivity contribution in [2.75, 3.05) is 10.8 Å². The molecule has 1 amide bonds. The fraction of sp³-hybridized carbons (Fsp3) is 0.345. The SMILES string of the molecule is CCC(NC(=O)CN(c1ccc(Cl)cc1C)S(=O)(=O)c1ccc(C)cc1)c1ccc2c(c1)CCCC2. The molecule has 1 N–H and O–H groups in total. The maximum absolute atomic E-state index is 13.7. The van der Waals surface area contributed by atoms with Gasteiger partial charge < -0.3 is 5.32 Å². The third-order valence-corrected chi connectivity index (χ3v) is 8.85. The predicted molar refractivity (Wildman–Crippen MR) is 146 cm³/mol. The Bertz CT molecular complexity index is 1350. The Balaban J connectivity index is 1.62. The summed E-state index contributed by atoms with van der Waals surface area (Å²) in [6.07, 6.45) is 5.27. The molecule has 0 saturated heterocycles. The molecule has 1 atom stereocenters. The van der Waals surface area contributed by atoms with Crippen molar-refractivity contribution >= 4 is 33.2 Å². The van der Waals surface area contributed by atoms with Gasteiger partial charge in [-0.3, -0.25) is 9.10 Å². The summed E-state index contributed by atoms with van der Waals surface area (Å²) >= 11 is 6.13. The van der Waals surface area contributed by atoms with Crippen molar-refractivity contribution < 1.29 is 13.2 Å². The lowest BCUT2D eigenvalue weighted by molar-refractivity contribution is -0.120. The van der Waals surface area contributed by atoms with Gasteiger partial charge in [-0.2, -0.15) is 0 Å². The van der Waals surface area contributed by atoms with Crippen LogP contribution in [0.15, 0.2) is 65.6 Å². The number of benzene rings is 3. The van der Waals surface area contributed by atoms with Crippen LogP contribution in [0.25, 0.3) is 0 Å². The van der Waals surface area contributed by atoms with Gasteiger partial charge in [0.2, 0.25) is 5.91 Å². The van der Waals surface area contributed by atoms with Crippen LogP contribution in [0.2, 0.25) is 5.02 Å². The molecule has 7 heteroatoms. The molecule has 0 saturated carbocycles. The molecule has 0 spiro atoms. The molecule has 36 heavy (non-hydrogen) atoms. The van der Waals surface area contributed by atoms with Gasteiger partial charge >= 0.3 is 0 Å².